The van der Waals surface area contributed by atoms with Gasteiger partial charge in [-0.1, -0.05) is 13.8 Å². The van der Waals surface area contributed by atoms with E-state index in [1.165, 1.54) is 43.3 Å². The lowest BCUT2D eigenvalue weighted by molar-refractivity contribution is -0.141. The van der Waals surface area contributed by atoms with Crippen LogP contribution in [0, 0.1) is 5.92 Å². The molecule has 34 heavy (non-hydrogen) atoms. The van der Waals surface area contributed by atoms with E-state index in [2.05, 4.69) is 15.4 Å². The molecule has 2 aromatic rings. The number of rotatable bonds is 11. The van der Waals surface area contributed by atoms with Crippen LogP contribution in [0.4, 0.5) is 11.4 Å². The number of ketones is 1. The van der Waals surface area contributed by atoms with Crippen LogP contribution in [-0.2, 0) is 29.1 Å². The summed E-state index contributed by atoms with van der Waals surface area (Å²) >= 11 is 0. The molecule has 182 valence electrons. The fourth-order valence-electron chi connectivity index (χ4n) is 2.76. The second-order valence-electron chi connectivity index (χ2n) is 7.84. The predicted molar refractivity (Wildman–Crippen MR) is 126 cm³/mol. The number of anilines is 2. The molecule has 0 saturated heterocycles. The third-order valence-corrected chi connectivity index (χ3v) is 5.76. The topological polar surface area (TPSA) is 148 Å². The molecule has 11 heteroatoms. The van der Waals surface area contributed by atoms with Crippen molar-refractivity contribution in [3.63, 3.8) is 0 Å². The summed E-state index contributed by atoms with van der Waals surface area (Å²) in [5.74, 6) is -1.62. The Labute approximate surface area is 198 Å². The maximum atomic E-state index is 12.3. The average molecular weight is 490 g/mol. The zero-order valence-electron chi connectivity index (χ0n) is 19.1. The second kappa shape index (κ2) is 12.1. The Morgan fingerprint density at radius 1 is 0.882 bits per heavy atom. The van der Waals surface area contributed by atoms with Crippen LogP contribution in [0.15, 0.2) is 53.4 Å². The number of amides is 2. The van der Waals surface area contributed by atoms with Gasteiger partial charge in [0.25, 0.3) is 0 Å². The molecule has 0 radical (unpaired) electrons. The number of esters is 1. The van der Waals surface area contributed by atoms with Crippen molar-refractivity contribution >= 4 is 45.0 Å². The summed E-state index contributed by atoms with van der Waals surface area (Å²) in [5, 5.41) is 5.24. The van der Waals surface area contributed by atoms with Crippen LogP contribution >= 0.6 is 0 Å². The van der Waals surface area contributed by atoms with Gasteiger partial charge in [0, 0.05) is 30.3 Å². The highest BCUT2D eigenvalue weighted by Gasteiger charge is 2.17. The number of nitrogens with one attached hydrogen (secondary N) is 3. The van der Waals surface area contributed by atoms with Crippen LogP contribution in [0.2, 0.25) is 0 Å². The highest BCUT2D eigenvalue weighted by molar-refractivity contribution is 7.89. The minimum absolute atomic E-state index is 0.106. The molecule has 2 aromatic carbocycles. The summed E-state index contributed by atoms with van der Waals surface area (Å²) < 4.78 is 31.5. The molecule has 0 aliphatic heterocycles. The number of ether oxygens (including phenoxy) is 1. The van der Waals surface area contributed by atoms with E-state index in [4.69, 9.17) is 4.74 Å². The standard InChI is InChI=1S/C23H27N3O7S/c1-15(2)12-22(29)26-19-6-4-17(5-7-19)21(28)14-33-23(30)13-24-34(31,32)20-10-8-18(9-11-20)25-16(3)27/h4-11,15,24H,12-14H2,1-3H3,(H,25,27)(H,26,29). The SMILES string of the molecule is CC(=O)Nc1ccc(S(=O)(=O)NCC(=O)OCC(=O)c2ccc(NC(=O)CC(C)C)cc2)cc1. The minimum atomic E-state index is -4.00. The number of benzene rings is 2. The van der Waals surface area contributed by atoms with Gasteiger partial charge in [-0.15, -0.1) is 0 Å². The van der Waals surface area contributed by atoms with Gasteiger partial charge in [0.15, 0.2) is 12.4 Å². The van der Waals surface area contributed by atoms with Gasteiger partial charge in [-0.25, -0.2) is 8.42 Å². The first-order chi connectivity index (χ1) is 16.0. The van der Waals surface area contributed by atoms with Crippen molar-refractivity contribution < 1.29 is 32.3 Å². The van der Waals surface area contributed by atoms with Crippen LogP contribution in [0.3, 0.4) is 0 Å². The van der Waals surface area contributed by atoms with Crippen molar-refractivity contribution in [2.75, 3.05) is 23.8 Å². The number of sulfonamides is 1. The fourth-order valence-corrected chi connectivity index (χ4v) is 3.73. The van der Waals surface area contributed by atoms with E-state index in [1.807, 2.05) is 13.8 Å². The van der Waals surface area contributed by atoms with E-state index in [0.717, 1.165) is 0 Å². The Morgan fingerprint density at radius 2 is 1.44 bits per heavy atom. The molecule has 0 fully saturated rings. The molecule has 2 amide bonds. The monoisotopic (exact) mass is 489 g/mol. The van der Waals surface area contributed by atoms with Crippen molar-refractivity contribution in [2.24, 2.45) is 5.92 Å². The van der Waals surface area contributed by atoms with E-state index >= 15 is 0 Å². The van der Waals surface area contributed by atoms with Crippen molar-refractivity contribution in [2.45, 2.75) is 32.1 Å². The van der Waals surface area contributed by atoms with Crippen LogP contribution in [0.1, 0.15) is 37.6 Å². The van der Waals surface area contributed by atoms with Crippen LogP contribution in [-0.4, -0.2) is 45.1 Å². The van der Waals surface area contributed by atoms with Gasteiger partial charge < -0.3 is 15.4 Å². The van der Waals surface area contributed by atoms with E-state index in [9.17, 15) is 27.6 Å². The number of hydrogen-bond donors (Lipinski definition) is 3. The molecule has 0 aliphatic carbocycles. The lowest BCUT2D eigenvalue weighted by Crippen LogP contribution is -2.31. The molecule has 0 aromatic heterocycles. The first-order valence-electron chi connectivity index (χ1n) is 10.4. The van der Waals surface area contributed by atoms with Gasteiger partial charge in [0.05, 0.1) is 4.90 Å². The number of Topliss-reactive ketones (excluding diaryl/α,β-unsaturated/α-hetero) is 1. The Morgan fingerprint density at radius 3 is 2.00 bits per heavy atom. The molecule has 0 atom stereocenters. The zero-order chi connectivity index (χ0) is 25.3. The minimum Gasteiger partial charge on any atom is -0.456 e. The van der Waals surface area contributed by atoms with Crippen molar-refractivity contribution in [1.29, 1.82) is 0 Å². The fraction of sp³-hybridized carbons (Fsp3) is 0.304. The van der Waals surface area contributed by atoms with E-state index < -0.39 is 34.9 Å². The Kier molecular flexibility index (Phi) is 9.46. The summed E-state index contributed by atoms with van der Waals surface area (Å²) in [4.78, 5) is 46.8. The van der Waals surface area contributed by atoms with E-state index in [1.54, 1.807) is 12.1 Å². The van der Waals surface area contributed by atoms with Gasteiger partial charge in [-0.3, -0.25) is 19.2 Å². The highest BCUT2D eigenvalue weighted by Crippen LogP contribution is 2.14. The molecule has 0 saturated carbocycles. The molecule has 0 aliphatic rings. The first kappa shape index (κ1) is 26.7. The van der Waals surface area contributed by atoms with Gasteiger partial charge in [-0.2, -0.15) is 4.72 Å². The second-order valence-corrected chi connectivity index (χ2v) is 9.60. The summed E-state index contributed by atoms with van der Waals surface area (Å²) in [6, 6.07) is 11.5. The maximum Gasteiger partial charge on any atom is 0.321 e. The molecule has 0 spiro atoms. The lowest BCUT2D eigenvalue weighted by atomic mass is 10.1. The molecule has 0 heterocycles. The number of carbonyl (C=O) groups excluding carboxylic acids is 4. The smallest absolute Gasteiger partial charge is 0.321 e. The average Bonchev–Trinajstić information content (AvgIpc) is 2.76. The summed E-state index contributed by atoms with van der Waals surface area (Å²) in [6.07, 6.45) is 0.378. The normalized spacial score (nSPS) is 11.1. The van der Waals surface area contributed by atoms with Crippen LogP contribution < -0.4 is 15.4 Å². The predicted octanol–water partition coefficient (Wildman–Crippen LogP) is 2.33. The molecular formula is C23H27N3O7S. The molecule has 0 bridgehead atoms. The molecular weight excluding hydrogens is 462 g/mol. The number of carbonyl (C=O) groups is 4. The van der Waals surface area contributed by atoms with Crippen LogP contribution in [0.5, 0.6) is 0 Å². The lowest BCUT2D eigenvalue weighted by Gasteiger charge is -2.09. The Balaban J connectivity index is 1.82. The third-order valence-electron chi connectivity index (χ3n) is 4.34. The quantitative estimate of drug-likeness (QED) is 0.324. The maximum absolute atomic E-state index is 12.3. The zero-order valence-corrected chi connectivity index (χ0v) is 19.9. The summed E-state index contributed by atoms with van der Waals surface area (Å²) in [5.41, 5.74) is 1.24. The third kappa shape index (κ3) is 8.75. The molecule has 2 rings (SSSR count). The molecule has 3 N–H and O–H groups in total. The van der Waals surface area contributed by atoms with Crippen molar-refractivity contribution in [3.05, 3.63) is 54.1 Å². The molecule has 0 unspecified atom stereocenters. The van der Waals surface area contributed by atoms with Crippen LogP contribution in [0.25, 0.3) is 0 Å². The number of hydrogen-bond acceptors (Lipinski definition) is 7. The molecule has 10 nitrogen and oxygen atoms in total. The van der Waals surface area contributed by atoms with Crippen molar-refractivity contribution in [3.8, 4) is 0 Å². The largest absolute Gasteiger partial charge is 0.456 e. The van der Waals surface area contributed by atoms with E-state index in [-0.39, 0.29) is 28.2 Å². The highest BCUT2D eigenvalue weighted by atomic mass is 32.2. The van der Waals surface area contributed by atoms with Gasteiger partial charge in [0.2, 0.25) is 21.8 Å². The summed E-state index contributed by atoms with van der Waals surface area (Å²) in [6.45, 7) is 3.96. The Hall–Kier alpha value is -3.57. The van der Waals surface area contributed by atoms with Gasteiger partial charge in [-0.05, 0) is 54.4 Å². The van der Waals surface area contributed by atoms with Gasteiger partial charge >= 0.3 is 5.97 Å². The summed E-state index contributed by atoms with van der Waals surface area (Å²) in [7, 11) is -4.00. The van der Waals surface area contributed by atoms with Crippen molar-refractivity contribution in [1.82, 2.24) is 4.72 Å². The first-order valence-corrected chi connectivity index (χ1v) is 11.9. The van der Waals surface area contributed by atoms with E-state index in [0.29, 0.717) is 17.8 Å². The van der Waals surface area contributed by atoms with Gasteiger partial charge in [0.1, 0.15) is 6.54 Å². The Bertz CT molecular complexity index is 1140.